The zero-order valence-electron chi connectivity index (χ0n) is 16.7. The van der Waals surface area contributed by atoms with Gasteiger partial charge in [0, 0.05) is 44.1 Å². The molecule has 8 heteroatoms. The van der Waals surface area contributed by atoms with Gasteiger partial charge in [-0.1, -0.05) is 12.1 Å². The van der Waals surface area contributed by atoms with Crippen LogP contribution in [0.4, 0.5) is 0 Å². The van der Waals surface area contributed by atoms with Gasteiger partial charge >= 0.3 is 0 Å². The summed E-state index contributed by atoms with van der Waals surface area (Å²) >= 11 is 0. The van der Waals surface area contributed by atoms with Crippen LogP contribution in [0.2, 0.25) is 0 Å². The smallest absolute Gasteiger partial charge is 0.237 e. The number of hydrogen-bond acceptors (Lipinski definition) is 6. The second kappa shape index (κ2) is 9.88. The lowest BCUT2D eigenvalue weighted by Crippen LogP contribution is -2.56. The number of hydrogen-bond donors (Lipinski definition) is 2. The standard InChI is InChI=1S/C21H26N4O4/c1-28-18-5-3-4-16(20(18)29-2)14-25-11-10-23-21(27)17(25)12-19(26)24-13-15-6-8-22-9-7-15/h3-9,17H,10-14H2,1-2H3,(H,23,27)(H,24,26)/t17-/m0/s1. The van der Waals surface area contributed by atoms with Crippen LogP contribution >= 0.6 is 0 Å². The van der Waals surface area contributed by atoms with Crippen molar-refractivity contribution in [3.8, 4) is 11.5 Å². The lowest BCUT2D eigenvalue weighted by atomic mass is 10.1. The fraction of sp³-hybridized carbons (Fsp3) is 0.381. The van der Waals surface area contributed by atoms with Crippen molar-refractivity contribution >= 4 is 11.8 Å². The highest BCUT2D eigenvalue weighted by Gasteiger charge is 2.32. The lowest BCUT2D eigenvalue weighted by molar-refractivity contribution is -0.134. The quantitative estimate of drug-likeness (QED) is 0.692. The number of piperazine rings is 1. The Morgan fingerprint density at radius 3 is 2.76 bits per heavy atom. The molecule has 154 valence electrons. The van der Waals surface area contributed by atoms with Crippen LogP contribution in [0.15, 0.2) is 42.7 Å². The van der Waals surface area contributed by atoms with Gasteiger partial charge in [-0.05, 0) is 23.8 Å². The molecule has 1 aromatic carbocycles. The van der Waals surface area contributed by atoms with Crippen LogP contribution in [-0.4, -0.2) is 55.0 Å². The fourth-order valence-corrected chi connectivity index (χ4v) is 3.42. The molecule has 0 bridgehead atoms. The van der Waals surface area contributed by atoms with Crippen molar-refractivity contribution in [2.24, 2.45) is 0 Å². The number of nitrogens with zero attached hydrogens (tertiary/aromatic N) is 2. The predicted octanol–water partition coefficient (Wildman–Crippen LogP) is 1.11. The minimum absolute atomic E-state index is 0.0865. The van der Waals surface area contributed by atoms with Crippen molar-refractivity contribution in [3.05, 3.63) is 53.9 Å². The van der Waals surface area contributed by atoms with Crippen LogP contribution in [-0.2, 0) is 22.7 Å². The number of ether oxygens (including phenoxy) is 2. The van der Waals surface area contributed by atoms with E-state index in [0.29, 0.717) is 37.7 Å². The van der Waals surface area contributed by atoms with Crippen molar-refractivity contribution in [1.29, 1.82) is 0 Å². The predicted molar refractivity (Wildman–Crippen MR) is 107 cm³/mol. The normalized spacial score (nSPS) is 16.8. The van der Waals surface area contributed by atoms with E-state index in [1.807, 2.05) is 35.2 Å². The molecule has 8 nitrogen and oxygen atoms in total. The van der Waals surface area contributed by atoms with Crippen molar-refractivity contribution in [3.63, 3.8) is 0 Å². The number of pyridine rings is 1. The van der Waals surface area contributed by atoms with Gasteiger partial charge in [-0.25, -0.2) is 0 Å². The number of nitrogens with one attached hydrogen (secondary N) is 2. The van der Waals surface area contributed by atoms with Gasteiger partial charge < -0.3 is 20.1 Å². The molecule has 1 aliphatic heterocycles. The molecule has 1 aliphatic rings. The number of carbonyl (C=O) groups excluding carboxylic acids is 2. The molecule has 29 heavy (non-hydrogen) atoms. The summed E-state index contributed by atoms with van der Waals surface area (Å²) in [6.45, 7) is 2.07. The maximum atomic E-state index is 12.5. The van der Waals surface area contributed by atoms with E-state index in [-0.39, 0.29) is 18.2 Å². The highest BCUT2D eigenvalue weighted by atomic mass is 16.5. The van der Waals surface area contributed by atoms with Gasteiger partial charge in [0.05, 0.1) is 26.7 Å². The fourth-order valence-electron chi connectivity index (χ4n) is 3.42. The van der Waals surface area contributed by atoms with Crippen LogP contribution in [0.3, 0.4) is 0 Å². The molecule has 0 aliphatic carbocycles. The summed E-state index contributed by atoms with van der Waals surface area (Å²) < 4.78 is 10.9. The van der Waals surface area contributed by atoms with Crippen molar-refractivity contribution < 1.29 is 19.1 Å². The number of carbonyl (C=O) groups is 2. The molecule has 0 unspecified atom stereocenters. The first kappa shape index (κ1) is 20.6. The van der Waals surface area contributed by atoms with Crippen LogP contribution in [0, 0.1) is 0 Å². The third-order valence-electron chi connectivity index (χ3n) is 4.92. The van der Waals surface area contributed by atoms with E-state index in [1.165, 1.54) is 0 Å². The van der Waals surface area contributed by atoms with E-state index < -0.39 is 6.04 Å². The monoisotopic (exact) mass is 398 g/mol. The second-order valence-electron chi connectivity index (χ2n) is 6.77. The van der Waals surface area contributed by atoms with Gasteiger partial charge in [-0.3, -0.25) is 19.5 Å². The summed E-state index contributed by atoms with van der Waals surface area (Å²) in [6.07, 6.45) is 3.45. The summed E-state index contributed by atoms with van der Waals surface area (Å²) in [5, 5.41) is 5.73. The van der Waals surface area contributed by atoms with Gasteiger partial charge in [0.15, 0.2) is 11.5 Å². The molecule has 2 amide bonds. The summed E-state index contributed by atoms with van der Waals surface area (Å²) in [5.74, 6) is 0.962. The topological polar surface area (TPSA) is 92.8 Å². The van der Waals surface area contributed by atoms with Crippen LogP contribution in [0.1, 0.15) is 17.5 Å². The third kappa shape index (κ3) is 5.23. The zero-order chi connectivity index (χ0) is 20.6. The molecule has 1 fully saturated rings. The Labute approximate surface area is 170 Å². The molecule has 0 saturated carbocycles. The summed E-state index contributed by atoms with van der Waals surface area (Å²) in [6, 6.07) is 8.79. The maximum absolute atomic E-state index is 12.5. The van der Waals surface area contributed by atoms with E-state index in [1.54, 1.807) is 26.6 Å². The Morgan fingerprint density at radius 1 is 1.24 bits per heavy atom. The Bertz CT molecular complexity index is 844. The van der Waals surface area contributed by atoms with Gasteiger partial charge in [0.25, 0.3) is 0 Å². The SMILES string of the molecule is COc1cccc(CN2CCNC(=O)[C@@H]2CC(=O)NCc2ccncc2)c1OC. The van der Waals surface area contributed by atoms with E-state index in [2.05, 4.69) is 15.6 Å². The van der Waals surface area contributed by atoms with Gasteiger partial charge in [0.1, 0.15) is 0 Å². The maximum Gasteiger partial charge on any atom is 0.237 e. The first-order chi connectivity index (χ1) is 14.1. The third-order valence-corrected chi connectivity index (χ3v) is 4.92. The average molecular weight is 398 g/mol. The Balaban J connectivity index is 1.68. The zero-order valence-corrected chi connectivity index (χ0v) is 16.7. The van der Waals surface area contributed by atoms with E-state index >= 15 is 0 Å². The Kier molecular flexibility index (Phi) is 7.02. The van der Waals surface area contributed by atoms with E-state index in [4.69, 9.17) is 9.47 Å². The average Bonchev–Trinajstić information content (AvgIpc) is 2.75. The minimum Gasteiger partial charge on any atom is -0.493 e. The van der Waals surface area contributed by atoms with Crippen molar-refractivity contribution in [1.82, 2.24) is 20.5 Å². The molecule has 1 atom stereocenters. The number of benzene rings is 1. The van der Waals surface area contributed by atoms with Gasteiger partial charge in [-0.15, -0.1) is 0 Å². The molecule has 2 N–H and O–H groups in total. The summed E-state index contributed by atoms with van der Waals surface area (Å²) in [7, 11) is 3.18. The molecular weight excluding hydrogens is 372 g/mol. The molecule has 2 aromatic rings. The number of rotatable bonds is 8. The van der Waals surface area contributed by atoms with Crippen molar-refractivity contribution in [2.75, 3.05) is 27.3 Å². The van der Waals surface area contributed by atoms with Gasteiger partial charge in [-0.2, -0.15) is 0 Å². The molecule has 0 radical (unpaired) electrons. The second-order valence-corrected chi connectivity index (χ2v) is 6.77. The minimum atomic E-state index is -0.544. The van der Waals surface area contributed by atoms with E-state index in [9.17, 15) is 9.59 Å². The summed E-state index contributed by atoms with van der Waals surface area (Å²) in [4.78, 5) is 30.9. The number of methoxy groups -OCH3 is 2. The largest absolute Gasteiger partial charge is 0.493 e. The Hall–Kier alpha value is -3.13. The number of para-hydroxylation sites is 1. The molecule has 2 heterocycles. The first-order valence-electron chi connectivity index (χ1n) is 9.49. The van der Waals surface area contributed by atoms with Crippen LogP contribution < -0.4 is 20.1 Å². The molecule has 3 rings (SSSR count). The first-order valence-corrected chi connectivity index (χ1v) is 9.49. The summed E-state index contributed by atoms with van der Waals surface area (Å²) in [5.41, 5.74) is 1.86. The number of amides is 2. The van der Waals surface area contributed by atoms with Crippen LogP contribution in [0.5, 0.6) is 11.5 Å². The molecule has 1 saturated heterocycles. The molecule has 0 spiro atoms. The Morgan fingerprint density at radius 2 is 2.03 bits per heavy atom. The van der Waals surface area contributed by atoms with Crippen molar-refractivity contribution in [2.45, 2.75) is 25.6 Å². The lowest BCUT2D eigenvalue weighted by Gasteiger charge is -2.35. The van der Waals surface area contributed by atoms with Gasteiger partial charge in [0.2, 0.25) is 11.8 Å². The molecule has 1 aromatic heterocycles. The number of aromatic nitrogens is 1. The highest BCUT2D eigenvalue weighted by Crippen LogP contribution is 2.32. The van der Waals surface area contributed by atoms with E-state index in [0.717, 1.165) is 11.1 Å². The van der Waals surface area contributed by atoms with Crippen LogP contribution in [0.25, 0.3) is 0 Å². The molecular formula is C21H26N4O4. The highest BCUT2D eigenvalue weighted by molar-refractivity contribution is 5.88.